The number of carbonyl (C=O) groups excluding carboxylic acids is 1. The summed E-state index contributed by atoms with van der Waals surface area (Å²) < 4.78 is 2.18. The van der Waals surface area contributed by atoms with Gasteiger partial charge >= 0.3 is 0 Å². The van der Waals surface area contributed by atoms with Gasteiger partial charge in [0.15, 0.2) is 5.16 Å². The highest BCUT2D eigenvalue weighted by Crippen LogP contribution is 2.28. The lowest BCUT2D eigenvalue weighted by Gasteiger charge is -2.28. The van der Waals surface area contributed by atoms with Crippen LogP contribution in [-0.4, -0.2) is 26.2 Å². The Balaban J connectivity index is 1.81. The van der Waals surface area contributed by atoms with Gasteiger partial charge < -0.3 is 9.88 Å². The maximum Gasteiger partial charge on any atom is 0.234 e. The quantitative estimate of drug-likeness (QED) is 0.531. The van der Waals surface area contributed by atoms with Gasteiger partial charge in [-0.25, -0.2) is 4.98 Å². The zero-order valence-electron chi connectivity index (χ0n) is 17.9. The molecule has 2 unspecified atom stereocenters. The number of carbonyl (C=O) groups is 1. The molecule has 2 aromatic carbocycles. The van der Waals surface area contributed by atoms with E-state index in [1.807, 2.05) is 57.2 Å². The molecular formula is C24H28N4OS. The van der Waals surface area contributed by atoms with Crippen LogP contribution in [0.25, 0.3) is 11.0 Å². The maximum absolute atomic E-state index is 12.8. The molecule has 6 heteroatoms. The third kappa shape index (κ3) is 4.85. The average molecular weight is 421 g/mol. The minimum absolute atomic E-state index is 0.0131. The van der Waals surface area contributed by atoms with Crippen molar-refractivity contribution in [3.05, 3.63) is 60.2 Å². The lowest BCUT2D eigenvalue weighted by molar-refractivity contribution is -0.121. The number of thioether (sulfide) groups is 1. The summed E-state index contributed by atoms with van der Waals surface area (Å²) in [5.74, 6) is -0.140. The van der Waals surface area contributed by atoms with Crippen molar-refractivity contribution in [3.63, 3.8) is 0 Å². The number of imidazole rings is 1. The number of fused-ring (bicyclic) bond motifs is 1. The number of nitrogens with zero attached hydrogens (tertiary/aromatic N) is 3. The van der Waals surface area contributed by atoms with E-state index in [2.05, 4.69) is 34.2 Å². The molecule has 30 heavy (non-hydrogen) atoms. The number of amides is 1. The molecule has 0 aliphatic rings. The van der Waals surface area contributed by atoms with Crippen LogP contribution in [0.1, 0.15) is 33.3 Å². The molecule has 2 atom stereocenters. The summed E-state index contributed by atoms with van der Waals surface area (Å²) in [5.41, 5.74) is 2.36. The molecule has 5 nitrogen and oxygen atoms in total. The normalized spacial score (nSPS) is 14.3. The Bertz CT molecular complexity index is 1050. The van der Waals surface area contributed by atoms with Gasteiger partial charge in [-0.1, -0.05) is 68.1 Å². The molecule has 0 saturated heterocycles. The molecule has 1 amide bonds. The van der Waals surface area contributed by atoms with Crippen LogP contribution in [0.2, 0.25) is 0 Å². The van der Waals surface area contributed by atoms with Gasteiger partial charge in [0, 0.05) is 6.54 Å². The number of rotatable bonds is 8. The van der Waals surface area contributed by atoms with Crippen LogP contribution in [-0.2, 0) is 17.8 Å². The molecule has 0 aliphatic heterocycles. The van der Waals surface area contributed by atoms with Crippen LogP contribution in [0.15, 0.2) is 59.8 Å². The number of para-hydroxylation sites is 2. The van der Waals surface area contributed by atoms with E-state index in [9.17, 15) is 10.1 Å². The Morgan fingerprint density at radius 1 is 1.17 bits per heavy atom. The SMILES string of the molecule is CC(Sc1nc2ccccc2n1CCc1ccccc1)C(=O)NC(C)(C#N)C(C)C. The molecule has 3 rings (SSSR count). The van der Waals surface area contributed by atoms with Crippen LogP contribution in [0.5, 0.6) is 0 Å². The van der Waals surface area contributed by atoms with Crippen LogP contribution in [0, 0.1) is 17.2 Å². The molecular weight excluding hydrogens is 392 g/mol. The van der Waals surface area contributed by atoms with Crippen molar-refractivity contribution >= 4 is 28.7 Å². The van der Waals surface area contributed by atoms with Gasteiger partial charge in [-0.15, -0.1) is 0 Å². The van der Waals surface area contributed by atoms with Crippen LogP contribution < -0.4 is 5.32 Å². The number of hydrogen-bond donors (Lipinski definition) is 1. The largest absolute Gasteiger partial charge is 0.337 e. The van der Waals surface area contributed by atoms with E-state index in [-0.39, 0.29) is 17.1 Å². The monoisotopic (exact) mass is 420 g/mol. The van der Waals surface area contributed by atoms with Gasteiger partial charge in [0.1, 0.15) is 5.54 Å². The lowest BCUT2D eigenvalue weighted by atomic mass is 9.90. The molecule has 1 aromatic heterocycles. The van der Waals surface area contributed by atoms with E-state index in [0.717, 1.165) is 29.2 Å². The van der Waals surface area contributed by atoms with Crippen molar-refractivity contribution < 1.29 is 4.79 Å². The van der Waals surface area contributed by atoms with Crippen molar-refractivity contribution in [2.24, 2.45) is 5.92 Å². The van der Waals surface area contributed by atoms with E-state index in [0.29, 0.717) is 0 Å². The van der Waals surface area contributed by atoms with E-state index in [1.54, 1.807) is 6.92 Å². The number of benzene rings is 2. The fraction of sp³-hybridized carbons (Fsp3) is 0.375. The lowest BCUT2D eigenvalue weighted by Crippen LogP contribution is -2.51. The fourth-order valence-corrected chi connectivity index (χ4v) is 4.07. The Kier molecular flexibility index (Phi) is 6.84. The minimum Gasteiger partial charge on any atom is -0.337 e. The van der Waals surface area contributed by atoms with Gasteiger partial charge in [0.05, 0.1) is 22.4 Å². The summed E-state index contributed by atoms with van der Waals surface area (Å²) in [6.45, 7) is 8.28. The van der Waals surface area contributed by atoms with Crippen LogP contribution in [0.3, 0.4) is 0 Å². The first-order chi connectivity index (χ1) is 14.3. The summed E-state index contributed by atoms with van der Waals surface area (Å²) in [6.07, 6.45) is 0.884. The van der Waals surface area contributed by atoms with Crippen LogP contribution >= 0.6 is 11.8 Å². The minimum atomic E-state index is -0.890. The van der Waals surface area contributed by atoms with Gasteiger partial charge in [-0.3, -0.25) is 4.79 Å². The number of nitriles is 1. The predicted molar refractivity (Wildman–Crippen MR) is 122 cm³/mol. The molecule has 3 aromatic rings. The number of hydrogen-bond acceptors (Lipinski definition) is 4. The fourth-order valence-electron chi connectivity index (χ4n) is 3.12. The molecule has 0 saturated carbocycles. The molecule has 1 N–H and O–H groups in total. The van der Waals surface area contributed by atoms with Crippen molar-refractivity contribution in [2.45, 2.75) is 56.6 Å². The number of aryl methyl sites for hydroxylation is 2. The first-order valence-electron chi connectivity index (χ1n) is 10.2. The molecule has 0 radical (unpaired) electrons. The summed E-state index contributed by atoms with van der Waals surface area (Å²) in [6, 6.07) is 20.6. The highest BCUT2D eigenvalue weighted by atomic mass is 32.2. The molecule has 0 fully saturated rings. The average Bonchev–Trinajstić information content (AvgIpc) is 3.09. The second kappa shape index (κ2) is 9.36. The molecule has 0 spiro atoms. The molecule has 156 valence electrons. The summed E-state index contributed by atoms with van der Waals surface area (Å²) >= 11 is 1.43. The van der Waals surface area contributed by atoms with Gasteiger partial charge in [0.2, 0.25) is 5.91 Å². The Morgan fingerprint density at radius 2 is 1.83 bits per heavy atom. The van der Waals surface area contributed by atoms with Gasteiger partial charge in [-0.2, -0.15) is 5.26 Å². The zero-order valence-corrected chi connectivity index (χ0v) is 18.7. The van der Waals surface area contributed by atoms with Crippen LogP contribution in [0.4, 0.5) is 0 Å². The highest BCUT2D eigenvalue weighted by Gasteiger charge is 2.32. The van der Waals surface area contributed by atoms with E-state index >= 15 is 0 Å². The first-order valence-corrected chi connectivity index (χ1v) is 11.1. The highest BCUT2D eigenvalue weighted by molar-refractivity contribution is 8.00. The van der Waals surface area contributed by atoms with Gasteiger partial charge in [0.25, 0.3) is 0 Å². The van der Waals surface area contributed by atoms with Gasteiger partial charge in [-0.05, 0) is 43.9 Å². The Labute approximate surface area is 182 Å². The summed E-state index contributed by atoms with van der Waals surface area (Å²) in [5, 5.41) is 12.9. The van der Waals surface area contributed by atoms with E-state index in [1.165, 1.54) is 17.3 Å². The van der Waals surface area contributed by atoms with Crippen molar-refractivity contribution in [3.8, 4) is 6.07 Å². The third-order valence-electron chi connectivity index (χ3n) is 5.51. The number of nitrogens with one attached hydrogen (secondary N) is 1. The van der Waals surface area contributed by atoms with E-state index < -0.39 is 5.54 Å². The molecule has 0 aliphatic carbocycles. The maximum atomic E-state index is 12.8. The second-order valence-electron chi connectivity index (χ2n) is 7.99. The Morgan fingerprint density at radius 3 is 2.50 bits per heavy atom. The Hall–Kier alpha value is -2.78. The molecule has 0 bridgehead atoms. The third-order valence-corrected chi connectivity index (χ3v) is 6.60. The molecule has 1 heterocycles. The number of aromatic nitrogens is 2. The summed E-state index contributed by atoms with van der Waals surface area (Å²) in [4.78, 5) is 17.6. The smallest absolute Gasteiger partial charge is 0.234 e. The zero-order chi connectivity index (χ0) is 21.7. The second-order valence-corrected chi connectivity index (χ2v) is 9.30. The first kappa shape index (κ1) is 21.9. The standard InChI is InChI=1S/C24H28N4OS/c1-17(2)24(4,16-25)27-22(29)18(3)30-23-26-20-12-8-9-13-21(20)28(23)15-14-19-10-6-5-7-11-19/h5-13,17-18H,14-15H2,1-4H3,(H,27,29). The van der Waals surface area contributed by atoms with Crippen molar-refractivity contribution in [1.29, 1.82) is 5.26 Å². The topological polar surface area (TPSA) is 70.7 Å². The summed E-state index contributed by atoms with van der Waals surface area (Å²) in [7, 11) is 0. The predicted octanol–water partition coefficient (Wildman–Crippen LogP) is 4.81. The van der Waals surface area contributed by atoms with E-state index in [4.69, 9.17) is 4.98 Å². The van der Waals surface area contributed by atoms with Crippen molar-refractivity contribution in [1.82, 2.24) is 14.9 Å². The van der Waals surface area contributed by atoms with Crippen molar-refractivity contribution in [2.75, 3.05) is 0 Å².